The van der Waals surface area contributed by atoms with Gasteiger partial charge in [-0.05, 0) is 31.6 Å². The third kappa shape index (κ3) is 1.65. The van der Waals surface area contributed by atoms with Gasteiger partial charge in [0, 0.05) is 5.92 Å². The molecular weight excluding hydrogens is 180 g/mol. The molecule has 0 aromatic carbocycles. The predicted molar refractivity (Wildman–Crippen MR) is 52.0 cm³/mol. The van der Waals surface area contributed by atoms with Crippen LogP contribution in [0.15, 0.2) is 0 Å². The number of carboxylic acid groups (broad SMARTS) is 1. The Morgan fingerprint density at radius 1 is 1.50 bits per heavy atom. The largest absolute Gasteiger partial charge is 0.481 e. The molecule has 0 amide bonds. The first kappa shape index (κ1) is 9.97. The van der Waals surface area contributed by atoms with Gasteiger partial charge in [0.2, 0.25) is 0 Å². The summed E-state index contributed by atoms with van der Waals surface area (Å²) < 4.78 is 5.09. The van der Waals surface area contributed by atoms with Crippen LogP contribution in [0.2, 0.25) is 0 Å². The van der Waals surface area contributed by atoms with Gasteiger partial charge < -0.3 is 9.84 Å². The minimum Gasteiger partial charge on any atom is -0.481 e. The lowest BCUT2D eigenvalue weighted by atomic mass is 9.60. The molecule has 1 heterocycles. The van der Waals surface area contributed by atoms with Gasteiger partial charge in [-0.15, -0.1) is 0 Å². The molecule has 1 aliphatic carbocycles. The van der Waals surface area contributed by atoms with Crippen LogP contribution >= 0.6 is 0 Å². The van der Waals surface area contributed by atoms with E-state index in [0.29, 0.717) is 11.8 Å². The Labute approximate surface area is 84.4 Å². The molecule has 3 nitrogen and oxygen atoms in total. The standard InChI is InChI=1S/C11H18O3/c1-8-4-11(5-8,10(12)13)3-2-9-6-14-7-9/h8-9H,2-7H2,1H3,(H,12,13). The van der Waals surface area contributed by atoms with Crippen LogP contribution in [0.3, 0.4) is 0 Å². The summed E-state index contributed by atoms with van der Waals surface area (Å²) in [4.78, 5) is 11.1. The second-order valence-corrected chi connectivity index (χ2v) is 5.04. The Morgan fingerprint density at radius 3 is 2.50 bits per heavy atom. The van der Waals surface area contributed by atoms with Gasteiger partial charge in [0.15, 0.2) is 0 Å². The van der Waals surface area contributed by atoms with Crippen LogP contribution in [0.25, 0.3) is 0 Å². The molecule has 1 saturated carbocycles. The Hall–Kier alpha value is -0.570. The van der Waals surface area contributed by atoms with Crippen molar-refractivity contribution in [3.05, 3.63) is 0 Å². The van der Waals surface area contributed by atoms with E-state index in [9.17, 15) is 9.90 Å². The van der Waals surface area contributed by atoms with Crippen molar-refractivity contribution in [1.82, 2.24) is 0 Å². The van der Waals surface area contributed by atoms with Crippen molar-refractivity contribution in [2.75, 3.05) is 13.2 Å². The monoisotopic (exact) mass is 198 g/mol. The Kier molecular flexibility index (Phi) is 2.52. The van der Waals surface area contributed by atoms with Crippen LogP contribution in [-0.2, 0) is 9.53 Å². The summed E-state index contributed by atoms with van der Waals surface area (Å²) in [6.45, 7) is 3.81. The third-order valence-corrected chi connectivity index (χ3v) is 3.67. The summed E-state index contributed by atoms with van der Waals surface area (Å²) in [5.41, 5.74) is -0.380. The zero-order valence-electron chi connectivity index (χ0n) is 8.66. The quantitative estimate of drug-likeness (QED) is 0.750. The highest BCUT2D eigenvalue weighted by Crippen LogP contribution is 2.49. The van der Waals surface area contributed by atoms with Crippen molar-refractivity contribution >= 4 is 5.97 Å². The number of aliphatic carboxylic acids is 1. The molecule has 0 radical (unpaired) electrons. The molecule has 0 atom stereocenters. The fourth-order valence-corrected chi connectivity index (χ4v) is 2.69. The number of rotatable bonds is 4. The van der Waals surface area contributed by atoms with Crippen LogP contribution < -0.4 is 0 Å². The summed E-state index contributed by atoms with van der Waals surface area (Å²) in [6, 6.07) is 0. The molecule has 1 saturated heterocycles. The lowest BCUT2D eigenvalue weighted by Gasteiger charge is -2.44. The molecule has 80 valence electrons. The highest BCUT2D eigenvalue weighted by atomic mass is 16.5. The first-order valence-electron chi connectivity index (χ1n) is 5.43. The maximum atomic E-state index is 11.1. The van der Waals surface area contributed by atoms with E-state index >= 15 is 0 Å². The highest BCUT2D eigenvalue weighted by Gasteiger charge is 2.48. The first-order valence-corrected chi connectivity index (χ1v) is 5.43. The summed E-state index contributed by atoms with van der Waals surface area (Å²) in [5, 5.41) is 9.17. The minimum atomic E-state index is -0.587. The predicted octanol–water partition coefficient (Wildman–Crippen LogP) is 1.91. The second-order valence-electron chi connectivity index (χ2n) is 5.04. The average Bonchev–Trinajstić information content (AvgIpc) is 1.96. The van der Waals surface area contributed by atoms with Gasteiger partial charge in [0.1, 0.15) is 0 Å². The van der Waals surface area contributed by atoms with E-state index in [1.807, 2.05) is 0 Å². The van der Waals surface area contributed by atoms with Crippen LogP contribution in [-0.4, -0.2) is 24.3 Å². The molecule has 0 aromatic heterocycles. The lowest BCUT2D eigenvalue weighted by molar-refractivity contribution is -0.159. The third-order valence-electron chi connectivity index (χ3n) is 3.67. The minimum absolute atomic E-state index is 0.380. The molecule has 2 aliphatic rings. The van der Waals surface area contributed by atoms with Gasteiger partial charge in [-0.1, -0.05) is 6.92 Å². The zero-order valence-corrected chi connectivity index (χ0v) is 8.66. The SMILES string of the molecule is CC1CC(CCC2COC2)(C(=O)O)C1. The average molecular weight is 198 g/mol. The molecule has 2 rings (SSSR count). The van der Waals surface area contributed by atoms with Gasteiger partial charge in [-0.25, -0.2) is 0 Å². The molecule has 3 heteroatoms. The van der Waals surface area contributed by atoms with Crippen molar-refractivity contribution in [1.29, 1.82) is 0 Å². The number of ether oxygens (including phenoxy) is 1. The van der Waals surface area contributed by atoms with Gasteiger partial charge in [0.25, 0.3) is 0 Å². The first-order chi connectivity index (χ1) is 6.62. The fourth-order valence-electron chi connectivity index (χ4n) is 2.69. The lowest BCUT2D eigenvalue weighted by Crippen LogP contribution is -2.44. The van der Waals surface area contributed by atoms with Crippen LogP contribution in [0.1, 0.15) is 32.6 Å². The van der Waals surface area contributed by atoms with Crippen molar-refractivity contribution in [2.24, 2.45) is 17.3 Å². The van der Waals surface area contributed by atoms with Gasteiger partial charge in [-0.2, -0.15) is 0 Å². The summed E-state index contributed by atoms with van der Waals surface area (Å²) in [7, 11) is 0. The Bertz CT molecular complexity index is 227. The maximum absolute atomic E-state index is 11.1. The molecule has 0 bridgehead atoms. The van der Waals surface area contributed by atoms with Crippen molar-refractivity contribution in [3.63, 3.8) is 0 Å². The number of hydrogen-bond donors (Lipinski definition) is 1. The van der Waals surface area contributed by atoms with E-state index in [-0.39, 0.29) is 5.41 Å². The van der Waals surface area contributed by atoms with Gasteiger partial charge >= 0.3 is 5.97 Å². The van der Waals surface area contributed by atoms with Crippen LogP contribution in [0.5, 0.6) is 0 Å². The topological polar surface area (TPSA) is 46.5 Å². The van der Waals surface area contributed by atoms with E-state index < -0.39 is 5.97 Å². The number of carbonyl (C=O) groups is 1. The number of hydrogen-bond acceptors (Lipinski definition) is 2. The highest BCUT2D eigenvalue weighted by molar-refractivity contribution is 5.75. The van der Waals surface area contributed by atoms with E-state index in [0.717, 1.165) is 38.9 Å². The van der Waals surface area contributed by atoms with E-state index in [1.54, 1.807) is 0 Å². The number of carboxylic acids is 1. The normalized spacial score (nSPS) is 37.4. The van der Waals surface area contributed by atoms with E-state index in [4.69, 9.17) is 4.74 Å². The van der Waals surface area contributed by atoms with Gasteiger partial charge in [0.05, 0.1) is 18.6 Å². The molecule has 14 heavy (non-hydrogen) atoms. The molecule has 0 aromatic rings. The fraction of sp³-hybridized carbons (Fsp3) is 0.909. The molecule has 0 spiro atoms. The molecule has 1 N–H and O–H groups in total. The summed E-state index contributed by atoms with van der Waals surface area (Å²) in [5.74, 6) is 0.640. The molecule has 1 aliphatic heterocycles. The molecule has 0 unspecified atom stereocenters. The Balaban J connectivity index is 1.82. The molecular formula is C11H18O3. The molecule has 2 fully saturated rings. The summed E-state index contributed by atoms with van der Waals surface area (Å²) in [6.07, 6.45) is 3.62. The van der Waals surface area contributed by atoms with E-state index in [2.05, 4.69) is 6.92 Å². The van der Waals surface area contributed by atoms with Crippen LogP contribution in [0, 0.1) is 17.3 Å². The van der Waals surface area contributed by atoms with Crippen molar-refractivity contribution in [2.45, 2.75) is 32.6 Å². The van der Waals surface area contributed by atoms with Crippen LogP contribution in [0.4, 0.5) is 0 Å². The van der Waals surface area contributed by atoms with Gasteiger partial charge in [-0.3, -0.25) is 4.79 Å². The summed E-state index contributed by atoms with van der Waals surface area (Å²) >= 11 is 0. The maximum Gasteiger partial charge on any atom is 0.309 e. The van der Waals surface area contributed by atoms with E-state index in [1.165, 1.54) is 0 Å². The zero-order chi connectivity index (χ0) is 10.2. The Morgan fingerprint density at radius 2 is 2.14 bits per heavy atom. The smallest absolute Gasteiger partial charge is 0.309 e. The van der Waals surface area contributed by atoms with Crippen molar-refractivity contribution < 1.29 is 14.6 Å². The van der Waals surface area contributed by atoms with Crippen molar-refractivity contribution in [3.8, 4) is 0 Å². The second kappa shape index (κ2) is 3.54.